The second-order valence-electron chi connectivity index (χ2n) is 3.00. The quantitative estimate of drug-likeness (QED) is 0.702. The molecule has 0 radical (unpaired) electrons. The minimum absolute atomic E-state index is 0.183. The lowest BCUT2D eigenvalue weighted by molar-refractivity contribution is 0.251. The first kappa shape index (κ1) is 7.97. The molecule has 1 aromatic rings. The number of carbonyl (C=O) groups excluding carboxylic acids is 1. The Kier molecular flexibility index (Phi) is 2.08. The first-order valence-electron chi connectivity index (χ1n) is 4.17. The number of nitrogens with zero attached hydrogens (tertiary/aromatic N) is 2. The van der Waals surface area contributed by atoms with E-state index in [0.29, 0.717) is 11.7 Å². The monoisotopic (exact) mass is 178 g/mol. The summed E-state index contributed by atoms with van der Waals surface area (Å²) in [4.78, 5) is 18.7. The molecule has 2 rings (SSSR count). The third kappa shape index (κ3) is 2.40. The van der Waals surface area contributed by atoms with Gasteiger partial charge in [0.25, 0.3) is 0 Å². The van der Waals surface area contributed by atoms with Gasteiger partial charge < -0.3 is 10.6 Å². The number of hydrogen-bond donors (Lipinski definition) is 2. The minimum Gasteiger partial charge on any atom is -0.335 e. The van der Waals surface area contributed by atoms with Gasteiger partial charge in [0.1, 0.15) is 6.33 Å². The number of aromatic nitrogens is 2. The summed E-state index contributed by atoms with van der Waals surface area (Å²) in [6.45, 7) is 0. The van der Waals surface area contributed by atoms with E-state index in [1.54, 1.807) is 12.4 Å². The lowest BCUT2D eigenvalue weighted by Gasteiger charge is -2.04. The van der Waals surface area contributed by atoms with Gasteiger partial charge in [-0.3, -0.25) is 0 Å². The van der Waals surface area contributed by atoms with Gasteiger partial charge in [-0.2, -0.15) is 0 Å². The van der Waals surface area contributed by atoms with Crippen molar-refractivity contribution in [2.45, 2.75) is 18.9 Å². The molecule has 0 saturated heterocycles. The molecule has 2 N–H and O–H groups in total. The van der Waals surface area contributed by atoms with Gasteiger partial charge in [0.05, 0.1) is 18.1 Å². The van der Waals surface area contributed by atoms with Crippen LogP contribution in [0.1, 0.15) is 12.8 Å². The lowest BCUT2D eigenvalue weighted by atomic mass is 10.5. The Morgan fingerprint density at radius 2 is 2.08 bits per heavy atom. The van der Waals surface area contributed by atoms with Crippen LogP contribution < -0.4 is 10.6 Å². The zero-order valence-electron chi connectivity index (χ0n) is 7.03. The van der Waals surface area contributed by atoms with Gasteiger partial charge in [-0.05, 0) is 12.8 Å². The number of urea groups is 1. The van der Waals surface area contributed by atoms with Crippen LogP contribution in [0.5, 0.6) is 0 Å². The Morgan fingerprint density at radius 3 is 2.69 bits per heavy atom. The molecule has 0 atom stereocenters. The number of carbonyl (C=O) groups is 1. The van der Waals surface area contributed by atoms with Crippen molar-refractivity contribution in [3.63, 3.8) is 0 Å². The Labute approximate surface area is 75.6 Å². The highest BCUT2D eigenvalue weighted by Crippen LogP contribution is 2.18. The molecule has 68 valence electrons. The Hall–Kier alpha value is -1.65. The Bertz CT molecular complexity index is 296. The van der Waals surface area contributed by atoms with Crippen molar-refractivity contribution in [3.05, 3.63) is 18.7 Å². The van der Waals surface area contributed by atoms with E-state index in [1.165, 1.54) is 6.33 Å². The van der Waals surface area contributed by atoms with E-state index in [-0.39, 0.29) is 6.03 Å². The van der Waals surface area contributed by atoms with Crippen LogP contribution in [-0.2, 0) is 0 Å². The van der Waals surface area contributed by atoms with E-state index in [2.05, 4.69) is 20.6 Å². The van der Waals surface area contributed by atoms with Crippen LogP contribution in [-0.4, -0.2) is 22.0 Å². The highest BCUT2D eigenvalue weighted by Gasteiger charge is 2.23. The SMILES string of the molecule is O=C(Nc1cncnc1)NC1CC1. The zero-order chi connectivity index (χ0) is 9.10. The highest BCUT2D eigenvalue weighted by atomic mass is 16.2. The predicted octanol–water partition coefficient (Wildman–Crippen LogP) is 0.760. The van der Waals surface area contributed by atoms with E-state index >= 15 is 0 Å². The van der Waals surface area contributed by atoms with Crippen LogP contribution in [0.3, 0.4) is 0 Å². The molecule has 0 spiro atoms. The fraction of sp³-hybridized carbons (Fsp3) is 0.375. The molecular formula is C8H10N4O. The van der Waals surface area contributed by atoms with Crippen LogP contribution in [0.4, 0.5) is 10.5 Å². The third-order valence-electron chi connectivity index (χ3n) is 1.73. The zero-order valence-corrected chi connectivity index (χ0v) is 7.03. The summed E-state index contributed by atoms with van der Waals surface area (Å²) in [5, 5.41) is 5.43. The standard InChI is InChI=1S/C8H10N4O/c13-8(11-6-1-2-6)12-7-3-9-5-10-4-7/h3-6H,1-2H2,(H2,11,12,13). The number of anilines is 1. The molecule has 0 aliphatic heterocycles. The fourth-order valence-corrected chi connectivity index (χ4v) is 0.944. The van der Waals surface area contributed by atoms with Crippen LogP contribution in [0.25, 0.3) is 0 Å². The van der Waals surface area contributed by atoms with Crippen molar-refractivity contribution >= 4 is 11.7 Å². The number of nitrogens with one attached hydrogen (secondary N) is 2. The normalized spacial score (nSPS) is 15.1. The van der Waals surface area contributed by atoms with Gasteiger partial charge in [-0.25, -0.2) is 14.8 Å². The molecule has 1 fully saturated rings. The van der Waals surface area contributed by atoms with Crippen molar-refractivity contribution in [1.29, 1.82) is 0 Å². The molecule has 2 amide bonds. The second kappa shape index (κ2) is 3.38. The molecule has 0 unspecified atom stereocenters. The molecule has 0 aromatic carbocycles. The van der Waals surface area contributed by atoms with Gasteiger partial charge in [-0.1, -0.05) is 0 Å². The maximum Gasteiger partial charge on any atom is 0.319 e. The summed E-state index contributed by atoms with van der Waals surface area (Å²) in [5.74, 6) is 0. The summed E-state index contributed by atoms with van der Waals surface area (Å²) >= 11 is 0. The summed E-state index contributed by atoms with van der Waals surface area (Å²) in [5.41, 5.74) is 0.612. The van der Waals surface area contributed by atoms with Gasteiger partial charge in [0, 0.05) is 6.04 Å². The Morgan fingerprint density at radius 1 is 1.38 bits per heavy atom. The average Bonchev–Trinajstić information content (AvgIpc) is 2.90. The maximum atomic E-state index is 11.2. The number of amides is 2. The predicted molar refractivity (Wildman–Crippen MR) is 47.2 cm³/mol. The summed E-state index contributed by atoms with van der Waals surface area (Å²) in [6, 6.07) is 0.182. The van der Waals surface area contributed by atoms with Crippen LogP contribution >= 0.6 is 0 Å². The van der Waals surface area contributed by atoms with E-state index < -0.39 is 0 Å². The highest BCUT2D eigenvalue weighted by molar-refractivity contribution is 5.89. The average molecular weight is 178 g/mol. The summed E-state index contributed by atoms with van der Waals surface area (Å²) in [6.07, 6.45) is 6.69. The largest absolute Gasteiger partial charge is 0.335 e. The number of hydrogen-bond acceptors (Lipinski definition) is 3. The molecule has 1 heterocycles. The van der Waals surface area contributed by atoms with Crippen molar-refractivity contribution in [3.8, 4) is 0 Å². The van der Waals surface area contributed by atoms with Crippen molar-refractivity contribution < 1.29 is 4.79 Å². The molecule has 5 heteroatoms. The van der Waals surface area contributed by atoms with E-state index in [9.17, 15) is 4.79 Å². The first-order chi connectivity index (χ1) is 6.34. The summed E-state index contributed by atoms with van der Waals surface area (Å²) < 4.78 is 0. The van der Waals surface area contributed by atoms with Crippen molar-refractivity contribution in [1.82, 2.24) is 15.3 Å². The van der Waals surface area contributed by atoms with Crippen molar-refractivity contribution in [2.75, 3.05) is 5.32 Å². The van der Waals surface area contributed by atoms with Crippen molar-refractivity contribution in [2.24, 2.45) is 0 Å². The van der Waals surface area contributed by atoms with E-state index in [4.69, 9.17) is 0 Å². The van der Waals surface area contributed by atoms with Gasteiger partial charge in [-0.15, -0.1) is 0 Å². The lowest BCUT2D eigenvalue weighted by Crippen LogP contribution is -2.30. The van der Waals surface area contributed by atoms with Gasteiger partial charge in [0.2, 0.25) is 0 Å². The molecule has 1 saturated carbocycles. The third-order valence-corrected chi connectivity index (χ3v) is 1.73. The molecule has 13 heavy (non-hydrogen) atoms. The fourth-order valence-electron chi connectivity index (χ4n) is 0.944. The van der Waals surface area contributed by atoms with Crippen LogP contribution in [0, 0.1) is 0 Å². The molecule has 0 bridgehead atoms. The molecule has 1 aliphatic rings. The first-order valence-corrected chi connectivity index (χ1v) is 4.17. The van der Waals surface area contributed by atoms with Crippen LogP contribution in [0.15, 0.2) is 18.7 Å². The molecule has 5 nitrogen and oxygen atoms in total. The second-order valence-corrected chi connectivity index (χ2v) is 3.00. The van der Waals surface area contributed by atoms with E-state index in [0.717, 1.165) is 12.8 Å². The van der Waals surface area contributed by atoms with E-state index in [1.807, 2.05) is 0 Å². The van der Waals surface area contributed by atoms with Gasteiger partial charge >= 0.3 is 6.03 Å². The topological polar surface area (TPSA) is 66.9 Å². The molecule has 1 aromatic heterocycles. The minimum atomic E-state index is -0.183. The molecular weight excluding hydrogens is 168 g/mol. The summed E-state index contributed by atoms with van der Waals surface area (Å²) in [7, 11) is 0. The number of rotatable bonds is 2. The smallest absolute Gasteiger partial charge is 0.319 e. The van der Waals surface area contributed by atoms with Gasteiger partial charge in [0.15, 0.2) is 0 Å². The Balaban J connectivity index is 1.86. The maximum absolute atomic E-state index is 11.2. The molecule has 1 aliphatic carbocycles. The van der Waals surface area contributed by atoms with Crippen LogP contribution in [0.2, 0.25) is 0 Å².